The molecule has 1 aromatic heterocycles. The number of carbonyl (C=O) groups is 1. The van der Waals surface area contributed by atoms with Gasteiger partial charge in [0.2, 0.25) is 5.91 Å². The van der Waals surface area contributed by atoms with Crippen molar-refractivity contribution in [2.45, 2.75) is 19.5 Å². The summed E-state index contributed by atoms with van der Waals surface area (Å²) in [7, 11) is 1.55. The molecular weight excluding hydrogens is 260 g/mol. The Hall–Kier alpha value is -1.44. The lowest BCUT2D eigenvalue weighted by Crippen LogP contribution is -2.53. The maximum atomic E-state index is 12.0. The number of carbonyl (C=O) groups excluding carboxylic acids is 1. The van der Waals surface area contributed by atoms with Crippen LogP contribution in [0.15, 0.2) is 10.6 Å². The van der Waals surface area contributed by atoms with Crippen LogP contribution in [0.2, 0.25) is 0 Å². The number of methoxy groups -OCH3 is 1. The van der Waals surface area contributed by atoms with Gasteiger partial charge in [0.05, 0.1) is 18.8 Å². The van der Waals surface area contributed by atoms with Crippen molar-refractivity contribution in [3.8, 4) is 0 Å². The van der Waals surface area contributed by atoms with E-state index in [2.05, 4.69) is 10.1 Å². The second kappa shape index (κ2) is 6.83. The third-order valence-corrected chi connectivity index (χ3v) is 3.40. The van der Waals surface area contributed by atoms with Crippen LogP contribution in [0.3, 0.4) is 0 Å². The smallest absolute Gasteiger partial charge is 0.241 e. The van der Waals surface area contributed by atoms with Crippen LogP contribution in [-0.4, -0.2) is 66.8 Å². The molecule has 1 aromatic rings. The van der Waals surface area contributed by atoms with E-state index in [0.29, 0.717) is 13.1 Å². The molecule has 1 aliphatic heterocycles. The van der Waals surface area contributed by atoms with Crippen molar-refractivity contribution in [1.82, 2.24) is 15.0 Å². The maximum absolute atomic E-state index is 12.0. The Morgan fingerprint density at radius 1 is 1.50 bits per heavy atom. The van der Waals surface area contributed by atoms with Crippen LogP contribution in [-0.2, 0) is 16.1 Å². The van der Waals surface area contributed by atoms with Gasteiger partial charge in [-0.2, -0.15) is 0 Å². The van der Waals surface area contributed by atoms with E-state index in [9.17, 15) is 4.79 Å². The molecule has 112 valence electrons. The van der Waals surface area contributed by atoms with Crippen molar-refractivity contribution in [3.05, 3.63) is 17.5 Å². The number of nitrogens with zero attached hydrogens (tertiary/aromatic N) is 3. The van der Waals surface area contributed by atoms with Gasteiger partial charge in [-0.15, -0.1) is 0 Å². The summed E-state index contributed by atoms with van der Waals surface area (Å²) in [6, 6.07) is 1.37. The highest BCUT2D eigenvalue weighted by Crippen LogP contribution is 2.10. The number of hydrogen-bond donors (Lipinski definition) is 1. The average molecular weight is 282 g/mol. The highest BCUT2D eigenvalue weighted by Gasteiger charge is 2.25. The van der Waals surface area contributed by atoms with Gasteiger partial charge in [-0.1, -0.05) is 5.16 Å². The van der Waals surface area contributed by atoms with Crippen molar-refractivity contribution in [2.75, 3.05) is 39.9 Å². The number of aromatic nitrogens is 1. The maximum Gasteiger partial charge on any atom is 0.241 e. The van der Waals surface area contributed by atoms with Gasteiger partial charge < -0.3 is 19.9 Å². The lowest BCUT2D eigenvalue weighted by molar-refractivity contribution is -0.135. The van der Waals surface area contributed by atoms with Crippen LogP contribution >= 0.6 is 0 Å². The molecule has 0 spiro atoms. The number of nitrogens with two attached hydrogens (primary N) is 1. The minimum Gasteiger partial charge on any atom is -0.383 e. The monoisotopic (exact) mass is 282 g/mol. The van der Waals surface area contributed by atoms with E-state index in [4.69, 9.17) is 15.0 Å². The van der Waals surface area contributed by atoms with E-state index in [1.807, 2.05) is 13.0 Å². The number of rotatable bonds is 5. The molecule has 2 rings (SSSR count). The van der Waals surface area contributed by atoms with E-state index in [0.717, 1.165) is 31.1 Å². The molecule has 7 heteroatoms. The van der Waals surface area contributed by atoms with Crippen LogP contribution in [0.5, 0.6) is 0 Å². The first-order valence-electron chi connectivity index (χ1n) is 6.78. The van der Waals surface area contributed by atoms with Gasteiger partial charge in [-0.3, -0.25) is 9.69 Å². The number of amides is 1. The minimum atomic E-state index is -0.566. The van der Waals surface area contributed by atoms with Crippen molar-refractivity contribution < 1.29 is 14.1 Å². The molecule has 2 N–H and O–H groups in total. The minimum absolute atomic E-state index is 0.0398. The van der Waals surface area contributed by atoms with Crippen LogP contribution < -0.4 is 5.73 Å². The van der Waals surface area contributed by atoms with Gasteiger partial charge in [-0.05, 0) is 6.92 Å². The number of aryl methyl sites for hydroxylation is 1. The SMILES string of the molecule is COCC(N)C(=O)N1CCN(Cc2cc(C)no2)CC1. The largest absolute Gasteiger partial charge is 0.383 e. The molecule has 0 aromatic carbocycles. The quantitative estimate of drug-likeness (QED) is 0.791. The zero-order valence-corrected chi connectivity index (χ0v) is 12.0. The van der Waals surface area contributed by atoms with E-state index >= 15 is 0 Å². The Balaban J connectivity index is 1.78. The summed E-state index contributed by atoms with van der Waals surface area (Å²) in [5, 5.41) is 3.87. The lowest BCUT2D eigenvalue weighted by atomic mass is 10.2. The highest BCUT2D eigenvalue weighted by atomic mass is 16.5. The standard InChI is InChI=1S/C13H22N4O3/c1-10-7-11(20-15-10)8-16-3-5-17(6-4-16)13(18)12(14)9-19-2/h7,12H,3-6,8-9,14H2,1-2H3. The third-order valence-electron chi connectivity index (χ3n) is 3.40. The predicted molar refractivity (Wildman–Crippen MR) is 72.9 cm³/mol. The van der Waals surface area contributed by atoms with Gasteiger partial charge in [0.15, 0.2) is 5.76 Å². The van der Waals surface area contributed by atoms with Crippen LogP contribution in [0, 0.1) is 6.92 Å². The molecule has 0 radical (unpaired) electrons. The molecule has 1 atom stereocenters. The van der Waals surface area contributed by atoms with Crippen LogP contribution in [0.4, 0.5) is 0 Å². The van der Waals surface area contributed by atoms with E-state index < -0.39 is 6.04 Å². The molecule has 20 heavy (non-hydrogen) atoms. The van der Waals surface area contributed by atoms with Crippen molar-refractivity contribution in [1.29, 1.82) is 0 Å². The molecule has 0 bridgehead atoms. The summed E-state index contributed by atoms with van der Waals surface area (Å²) in [6.07, 6.45) is 0. The zero-order valence-electron chi connectivity index (χ0n) is 12.0. The molecule has 2 heterocycles. The number of ether oxygens (including phenoxy) is 1. The van der Waals surface area contributed by atoms with E-state index in [1.54, 1.807) is 12.0 Å². The molecular formula is C13H22N4O3. The fraction of sp³-hybridized carbons (Fsp3) is 0.692. The first-order chi connectivity index (χ1) is 9.60. The predicted octanol–water partition coefficient (Wildman–Crippen LogP) is -0.399. The number of piperazine rings is 1. The fourth-order valence-corrected chi connectivity index (χ4v) is 2.32. The Morgan fingerprint density at radius 3 is 2.75 bits per heavy atom. The Kier molecular flexibility index (Phi) is 5.11. The lowest BCUT2D eigenvalue weighted by Gasteiger charge is -2.35. The number of hydrogen-bond acceptors (Lipinski definition) is 6. The summed E-state index contributed by atoms with van der Waals surface area (Å²) < 4.78 is 10.1. The Bertz CT molecular complexity index is 441. The normalized spacial score (nSPS) is 18.2. The average Bonchev–Trinajstić information content (AvgIpc) is 2.84. The van der Waals surface area contributed by atoms with Gasteiger partial charge in [0, 0.05) is 39.4 Å². The Morgan fingerprint density at radius 2 is 2.20 bits per heavy atom. The van der Waals surface area contributed by atoms with E-state index in [-0.39, 0.29) is 12.5 Å². The molecule has 0 saturated carbocycles. The zero-order chi connectivity index (χ0) is 14.5. The second-order valence-corrected chi connectivity index (χ2v) is 5.10. The molecule has 7 nitrogen and oxygen atoms in total. The summed E-state index contributed by atoms with van der Waals surface area (Å²) in [4.78, 5) is 16.1. The molecule has 0 aliphatic carbocycles. The van der Waals surface area contributed by atoms with Gasteiger partial charge in [0.1, 0.15) is 6.04 Å². The van der Waals surface area contributed by atoms with Crippen molar-refractivity contribution in [3.63, 3.8) is 0 Å². The molecule has 1 saturated heterocycles. The summed E-state index contributed by atoms with van der Waals surface area (Å²) in [5.74, 6) is 0.820. The van der Waals surface area contributed by atoms with Gasteiger partial charge >= 0.3 is 0 Å². The first-order valence-corrected chi connectivity index (χ1v) is 6.78. The topological polar surface area (TPSA) is 84.8 Å². The molecule has 1 aliphatic rings. The summed E-state index contributed by atoms with van der Waals surface area (Å²) in [5.41, 5.74) is 6.65. The fourth-order valence-electron chi connectivity index (χ4n) is 2.32. The molecule has 1 unspecified atom stereocenters. The highest BCUT2D eigenvalue weighted by molar-refractivity contribution is 5.81. The van der Waals surface area contributed by atoms with E-state index in [1.165, 1.54) is 0 Å². The summed E-state index contributed by atoms with van der Waals surface area (Å²) in [6.45, 7) is 5.88. The van der Waals surface area contributed by atoms with Crippen LogP contribution in [0.1, 0.15) is 11.5 Å². The Labute approximate surface area is 118 Å². The van der Waals surface area contributed by atoms with Gasteiger partial charge in [0.25, 0.3) is 0 Å². The first kappa shape index (κ1) is 15.0. The van der Waals surface area contributed by atoms with Crippen molar-refractivity contribution in [2.24, 2.45) is 5.73 Å². The van der Waals surface area contributed by atoms with Crippen molar-refractivity contribution >= 4 is 5.91 Å². The third kappa shape index (κ3) is 3.78. The van der Waals surface area contributed by atoms with Gasteiger partial charge in [-0.25, -0.2) is 0 Å². The summed E-state index contributed by atoms with van der Waals surface area (Å²) >= 11 is 0. The molecule has 1 fully saturated rings. The second-order valence-electron chi connectivity index (χ2n) is 5.10. The van der Waals surface area contributed by atoms with Crippen LogP contribution in [0.25, 0.3) is 0 Å². The molecule has 1 amide bonds.